The predicted octanol–water partition coefficient (Wildman–Crippen LogP) is 4.33. The Hall–Kier alpha value is -1.24. The van der Waals surface area contributed by atoms with Gasteiger partial charge in [-0.05, 0) is 46.7 Å². The number of carbonyl (C=O) groups excluding carboxylic acids is 1. The molecule has 0 aliphatic heterocycles. The van der Waals surface area contributed by atoms with Crippen molar-refractivity contribution in [2.24, 2.45) is 10.9 Å². The first kappa shape index (κ1) is 15.2. The number of halogens is 2. The Bertz CT molecular complexity index is 575. The van der Waals surface area contributed by atoms with E-state index in [9.17, 15) is 14.3 Å². The zero-order chi connectivity index (χ0) is 14.7. The van der Waals surface area contributed by atoms with Crippen LogP contribution in [0.4, 0.5) is 10.1 Å². The third-order valence-electron chi connectivity index (χ3n) is 3.33. The SMILES string of the molecule is CCC1CC(=O)C(C=Nc2cc(F)cc(I)c2)=C(O)C1. The first-order valence-corrected chi connectivity index (χ1v) is 7.53. The molecule has 0 spiro atoms. The van der Waals surface area contributed by atoms with Gasteiger partial charge in [-0.3, -0.25) is 9.79 Å². The van der Waals surface area contributed by atoms with Crippen molar-refractivity contribution in [2.75, 3.05) is 0 Å². The summed E-state index contributed by atoms with van der Waals surface area (Å²) in [5, 5.41) is 9.92. The molecule has 106 valence electrons. The first-order chi connectivity index (χ1) is 9.49. The minimum atomic E-state index is -0.372. The highest BCUT2D eigenvalue weighted by atomic mass is 127. The Balaban J connectivity index is 2.24. The number of aliphatic hydroxyl groups is 1. The molecule has 0 amide bonds. The Morgan fingerprint density at radius 2 is 2.20 bits per heavy atom. The number of aliphatic imine (C=N–C) groups is 1. The van der Waals surface area contributed by atoms with E-state index in [1.54, 1.807) is 6.07 Å². The molecule has 20 heavy (non-hydrogen) atoms. The van der Waals surface area contributed by atoms with Gasteiger partial charge < -0.3 is 5.11 Å². The summed E-state index contributed by atoms with van der Waals surface area (Å²) in [4.78, 5) is 16.0. The number of hydrogen-bond acceptors (Lipinski definition) is 3. The molecule has 2 rings (SSSR count). The average molecular weight is 387 g/mol. The lowest BCUT2D eigenvalue weighted by Crippen LogP contribution is -2.19. The van der Waals surface area contributed by atoms with Gasteiger partial charge in [0, 0.05) is 22.6 Å². The van der Waals surface area contributed by atoms with E-state index in [1.807, 2.05) is 29.5 Å². The summed E-state index contributed by atoms with van der Waals surface area (Å²) in [6.07, 6.45) is 3.14. The predicted molar refractivity (Wildman–Crippen MR) is 84.9 cm³/mol. The zero-order valence-electron chi connectivity index (χ0n) is 11.1. The van der Waals surface area contributed by atoms with E-state index >= 15 is 0 Å². The highest BCUT2D eigenvalue weighted by Gasteiger charge is 2.25. The number of hydrogen-bond donors (Lipinski definition) is 1. The average Bonchev–Trinajstić information content (AvgIpc) is 2.36. The molecule has 0 radical (unpaired) electrons. The summed E-state index contributed by atoms with van der Waals surface area (Å²) >= 11 is 2.00. The topological polar surface area (TPSA) is 49.7 Å². The Morgan fingerprint density at radius 3 is 2.80 bits per heavy atom. The molecule has 1 unspecified atom stereocenters. The van der Waals surface area contributed by atoms with Crippen LogP contribution < -0.4 is 0 Å². The standard InChI is InChI=1S/C15H15FINO2/c1-2-9-3-14(19)13(15(20)4-9)8-18-12-6-10(16)5-11(17)7-12/h5-9,19H,2-4H2,1H3. The summed E-state index contributed by atoms with van der Waals surface area (Å²) in [6.45, 7) is 2.00. The van der Waals surface area contributed by atoms with Crippen LogP contribution in [0.3, 0.4) is 0 Å². The molecule has 3 nitrogen and oxygen atoms in total. The largest absolute Gasteiger partial charge is 0.511 e. The van der Waals surface area contributed by atoms with Gasteiger partial charge in [0.25, 0.3) is 0 Å². The zero-order valence-corrected chi connectivity index (χ0v) is 13.2. The highest BCUT2D eigenvalue weighted by Crippen LogP contribution is 2.27. The first-order valence-electron chi connectivity index (χ1n) is 6.45. The molecule has 0 fully saturated rings. The van der Waals surface area contributed by atoms with Gasteiger partial charge >= 0.3 is 0 Å². The van der Waals surface area contributed by atoms with E-state index < -0.39 is 0 Å². The van der Waals surface area contributed by atoms with Gasteiger partial charge in [-0.25, -0.2) is 4.39 Å². The van der Waals surface area contributed by atoms with Crippen molar-refractivity contribution in [1.82, 2.24) is 0 Å². The van der Waals surface area contributed by atoms with Crippen molar-refractivity contribution < 1.29 is 14.3 Å². The molecular weight excluding hydrogens is 372 g/mol. The maximum atomic E-state index is 13.2. The monoisotopic (exact) mass is 387 g/mol. The summed E-state index contributed by atoms with van der Waals surface area (Å²) in [7, 11) is 0. The quantitative estimate of drug-likeness (QED) is 0.620. The van der Waals surface area contributed by atoms with Gasteiger partial charge in [-0.2, -0.15) is 0 Å². The lowest BCUT2D eigenvalue weighted by molar-refractivity contribution is -0.116. The third-order valence-corrected chi connectivity index (χ3v) is 3.96. The van der Waals surface area contributed by atoms with Crippen LogP contribution in [0.15, 0.2) is 34.5 Å². The number of allylic oxidation sites excluding steroid dienone is 2. The summed E-state index contributed by atoms with van der Waals surface area (Å²) in [5.74, 6) is -0.184. The minimum Gasteiger partial charge on any atom is -0.511 e. The second-order valence-corrected chi connectivity index (χ2v) is 6.10. The second kappa shape index (κ2) is 6.47. The number of Topliss-reactive ketones (excluding diaryl/α,β-unsaturated/α-hetero) is 1. The number of ketones is 1. The minimum absolute atomic E-state index is 0.0861. The van der Waals surface area contributed by atoms with Gasteiger partial charge in [0.2, 0.25) is 0 Å². The van der Waals surface area contributed by atoms with Crippen LogP contribution in [0.25, 0.3) is 0 Å². The number of aliphatic hydroxyl groups excluding tert-OH is 1. The van der Waals surface area contributed by atoms with Gasteiger partial charge in [-0.1, -0.05) is 13.3 Å². The lowest BCUT2D eigenvalue weighted by atomic mass is 9.86. The van der Waals surface area contributed by atoms with Crippen LogP contribution in [0.2, 0.25) is 0 Å². The molecule has 1 N–H and O–H groups in total. The molecule has 1 atom stereocenters. The van der Waals surface area contributed by atoms with Crippen molar-refractivity contribution in [3.05, 3.63) is 38.9 Å². The third kappa shape index (κ3) is 3.65. The van der Waals surface area contributed by atoms with E-state index in [1.165, 1.54) is 18.3 Å². The van der Waals surface area contributed by atoms with Crippen LogP contribution >= 0.6 is 22.6 Å². The van der Waals surface area contributed by atoms with Crippen molar-refractivity contribution in [2.45, 2.75) is 26.2 Å². The van der Waals surface area contributed by atoms with E-state index in [-0.39, 0.29) is 28.9 Å². The van der Waals surface area contributed by atoms with Gasteiger partial charge in [0.05, 0.1) is 11.3 Å². The fraction of sp³-hybridized carbons (Fsp3) is 0.333. The summed E-state index contributed by atoms with van der Waals surface area (Å²) < 4.78 is 14.0. The molecule has 5 heteroatoms. The smallest absolute Gasteiger partial charge is 0.168 e. The lowest BCUT2D eigenvalue weighted by Gasteiger charge is -2.20. The normalized spacial score (nSPS) is 19.9. The number of carbonyl (C=O) groups is 1. The molecule has 1 aliphatic carbocycles. The summed E-state index contributed by atoms with van der Waals surface area (Å²) in [5.41, 5.74) is 0.675. The van der Waals surface area contributed by atoms with E-state index in [4.69, 9.17) is 0 Å². The van der Waals surface area contributed by atoms with E-state index in [2.05, 4.69) is 4.99 Å². The van der Waals surface area contributed by atoms with Crippen molar-refractivity contribution in [1.29, 1.82) is 0 Å². The van der Waals surface area contributed by atoms with Crippen LogP contribution in [0.1, 0.15) is 26.2 Å². The molecule has 1 aromatic rings. The van der Waals surface area contributed by atoms with Crippen molar-refractivity contribution in [3.63, 3.8) is 0 Å². The van der Waals surface area contributed by atoms with Crippen LogP contribution in [0, 0.1) is 15.3 Å². The molecule has 0 saturated carbocycles. The van der Waals surface area contributed by atoms with Crippen LogP contribution in [0.5, 0.6) is 0 Å². The van der Waals surface area contributed by atoms with E-state index in [0.29, 0.717) is 18.5 Å². The van der Waals surface area contributed by atoms with Gasteiger partial charge in [0.1, 0.15) is 11.6 Å². The Labute approximate surface area is 130 Å². The Kier molecular flexibility index (Phi) is 4.91. The maximum Gasteiger partial charge on any atom is 0.168 e. The molecule has 1 aromatic carbocycles. The number of rotatable bonds is 3. The van der Waals surface area contributed by atoms with E-state index in [0.717, 1.165) is 9.99 Å². The fourth-order valence-corrected chi connectivity index (χ4v) is 2.79. The Morgan fingerprint density at radius 1 is 1.45 bits per heavy atom. The van der Waals surface area contributed by atoms with Gasteiger partial charge in [-0.15, -0.1) is 0 Å². The summed E-state index contributed by atoms with van der Waals surface area (Å²) in [6, 6.07) is 4.40. The maximum absolute atomic E-state index is 13.2. The molecule has 0 saturated heterocycles. The highest BCUT2D eigenvalue weighted by molar-refractivity contribution is 14.1. The number of nitrogens with zero attached hydrogens (tertiary/aromatic N) is 1. The fourth-order valence-electron chi connectivity index (χ4n) is 2.18. The van der Waals surface area contributed by atoms with Crippen molar-refractivity contribution >= 4 is 40.3 Å². The molecule has 0 heterocycles. The van der Waals surface area contributed by atoms with Crippen molar-refractivity contribution in [3.8, 4) is 0 Å². The second-order valence-electron chi connectivity index (χ2n) is 4.85. The number of benzene rings is 1. The molecule has 1 aliphatic rings. The molecule has 0 aromatic heterocycles. The van der Waals surface area contributed by atoms with Crippen LogP contribution in [-0.2, 0) is 4.79 Å². The molecule has 0 bridgehead atoms. The van der Waals surface area contributed by atoms with Crippen LogP contribution in [-0.4, -0.2) is 17.1 Å². The van der Waals surface area contributed by atoms with Gasteiger partial charge in [0.15, 0.2) is 5.78 Å². The molecular formula is C15H15FINO2.